The predicted octanol–water partition coefficient (Wildman–Crippen LogP) is 2.58. The second-order valence-electron chi connectivity index (χ2n) is 5.23. The van der Waals surface area contributed by atoms with Gasteiger partial charge in [-0.15, -0.1) is 10.2 Å². The zero-order chi connectivity index (χ0) is 14.7. The molecule has 2 heterocycles. The second-order valence-corrected chi connectivity index (χ2v) is 5.23. The number of pyridine rings is 1. The van der Waals surface area contributed by atoms with Gasteiger partial charge in [-0.05, 0) is 37.8 Å². The van der Waals surface area contributed by atoms with E-state index in [1.165, 1.54) is 7.11 Å². The molecular formula is C15H17N3O3. The van der Waals surface area contributed by atoms with Gasteiger partial charge in [-0.3, -0.25) is 9.78 Å². The Bertz CT molecular complexity index is 604. The third-order valence-electron chi connectivity index (χ3n) is 3.94. The van der Waals surface area contributed by atoms with Gasteiger partial charge < -0.3 is 9.15 Å². The fourth-order valence-electron chi connectivity index (χ4n) is 2.74. The highest BCUT2D eigenvalue weighted by Gasteiger charge is 2.30. The SMILES string of the molecule is COC(=O)C1CCC(c2nnc(-c3ccccn3)o2)CC1. The van der Waals surface area contributed by atoms with Crippen molar-refractivity contribution in [2.45, 2.75) is 31.6 Å². The largest absolute Gasteiger partial charge is 0.469 e. The lowest BCUT2D eigenvalue weighted by atomic mass is 9.82. The molecule has 6 heteroatoms. The number of methoxy groups -OCH3 is 1. The van der Waals surface area contributed by atoms with Gasteiger partial charge in [0.2, 0.25) is 5.89 Å². The molecule has 0 amide bonds. The Balaban J connectivity index is 1.67. The molecule has 1 fully saturated rings. The summed E-state index contributed by atoms with van der Waals surface area (Å²) >= 11 is 0. The summed E-state index contributed by atoms with van der Waals surface area (Å²) in [4.78, 5) is 15.7. The molecule has 2 aromatic rings. The van der Waals surface area contributed by atoms with Crippen molar-refractivity contribution in [3.63, 3.8) is 0 Å². The van der Waals surface area contributed by atoms with Crippen molar-refractivity contribution in [1.82, 2.24) is 15.2 Å². The molecule has 0 N–H and O–H groups in total. The van der Waals surface area contributed by atoms with Crippen LogP contribution >= 0.6 is 0 Å². The fourth-order valence-corrected chi connectivity index (χ4v) is 2.74. The maximum absolute atomic E-state index is 11.5. The monoisotopic (exact) mass is 287 g/mol. The first-order chi connectivity index (χ1) is 10.3. The van der Waals surface area contributed by atoms with Crippen molar-refractivity contribution in [3.05, 3.63) is 30.3 Å². The summed E-state index contributed by atoms with van der Waals surface area (Å²) in [5, 5.41) is 8.19. The van der Waals surface area contributed by atoms with Crippen molar-refractivity contribution in [2.24, 2.45) is 5.92 Å². The highest BCUT2D eigenvalue weighted by Crippen LogP contribution is 2.36. The molecular weight excluding hydrogens is 270 g/mol. The molecule has 0 unspecified atom stereocenters. The lowest BCUT2D eigenvalue weighted by molar-refractivity contribution is -0.146. The molecule has 0 spiro atoms. The number of aromatic nitrogens is 3. The quantitative estimate of drug-likeness (QED) is 0.807. The standard InChI is InChI=1S/C15H17N3O3/c1-20-15(19)11-7-5-10(6-8-11)13-17-18-14(21-13)12-4-2-3-9-16-12/h2-4,9-11H,5-8H2,1H3. The molecule has 0 radical (unpaired) electrons. The van der Waals surface area contributed by atoms with Gasteiger partial charge in [0.1, 0.15) is 5.69 Å². The molecule has 1 aliphatic rings. The van der Waals surface area contributed by atoms with Crippen LogP contribution in [-0.2, 0) is 9.53 Å². The minimum atomic E-state index is -0.117. The van der Waals surface area contributed by atoms with Crippen LogP contribution in [0, 0.1) is 5.92 Å². The van der Waals surface area contributed by atoms with Crippen LogP contribution in [0.1, 0.15) is 37.5 Å². The van der Waals surface area contributed by atoms with Crippen molar-refractivity contribution in [3.8, 4) is 11.6 Å². The van der Waals surface area contributed by atoms with Crippen LogP contribution in [0.5, 0.6) is 0 Å². The van der Waals surface area contributed by atoms with Crippen LogP contribution in [0.15, 0.2) is 28.8 Å². The smallest absolute Gasteiger partial charge is 0.308 e. The van der Waals surface area contributed by atoms with E-state index < -0.39 is 0 Å². The Kier molecular flexibility index (Phi) is 3.94. The number of ether oxygens (including phenoxy) is 1. The van der Waals surface area contributed by atoms with Gasteiger partial charge >= 0.3 is 5.97 Å². The molecule has 110 valence electrons. The normalized spacial score (nSPS) is 22.0. The van der Waals surface area contributed by atoms with E-state index in [0.29, 0.717) is 17.5 Å². The molecule has 1 aliphatic carbocycles. The van der Waals surface area contributed by atoms with Crippen LogP contribution in [0.3, 0.4) is 0 Å². The molecule has 1 saturated carbocycles. The highest BCUT2D eigenvalue weighted by molar-refractivity contribution is 5.72. The third kappa shape index (κ3) is 2.94. The highest BCUT2D eigenvalue weighted by atomic mass is 16.5. The molecule has 2 aromatic heterocycles. The number of nitrogens with zero attached hydrogens (tertiary/aromatic N) is 3. The first-order valence-electron chi connectivity index (χ1n) is 7.10. The van der Waals surface area contributed by atoms with Gasteiger partial charge in [-0.1, -0.05) is 6.07 Å². The number of hydrogen-bond donors (Lipinski definition) is 0. The first kappa shape index (κ1) is 13.7. The minimum Gasteiger partial charge on any atom is -0.469 e. The van der Waals surface area contributed by atoms with Crippen molar-refractivity contribution < 1.29 is 13.9 Å². The molecule has 21 heavy (non-hydrogen) atoms. The summed E-state index contributed by atoms with van der Waals surface area (Å²) in [7, 11) is 1.44. The topological polar surface area (TPSA) is 78.1 Å². The fraction of sp³-hybridized carbons (Fsp3) is 0.467. The Morgan fingerprint density at radius 3 is 2.71 bits per heavy atom. The number of carbonyl (C=O) groups is 1. The van der Waals surface area contributed by atoms with E-state index in [2.05, 4.69) is 15.2 Å². The first-order valence-corrected chi connectivity index (χ1v) is 7.10. The Labute approximate surface area is 122 Å². The maximum atomic E-state index is 11.5. The molecule has 0 atom stereocenters. The summed E-state index contributed by atoms with van der Waals surface area (Å²) < 4.78 is 10.5. The number of hydrogen-bond acceptors (Lipinski definition) is 6. The van der Waals surface area contributed by atoms with Crippen molar-refractivity contribution >= 4 is 5.97 Å². The number of carbonyl (C=O) groups excluding carboxylic acids is 1. The molecule has 0 bridgehead atoms. The van der Waals surface area contributed by atoms with Crippen molar-refractivity contribution in [1.29, 1.82) is 0 Å². The summed E-state index contributed by atoms with van der Waals surface area (Å²) in [5.74, 6) is 1.19. The molecule has 3 rings (SSSR count). The zero-order valence-electron chi connectivity index (χ0n) is 11.9. The summed E-state index contributed by atoms with van der Waals surface area (Å²) in [6, 6.07) is 5.56. The summed E-state index contributed by atoms with van der Waals surface area (Å²) in [5.41, 5.74) is 0.680. The number of esters is 1. The number of rotatable bonds is 3. The van der Waals surface area contributed by atoms with Gasteiger partial charge in [0, 0.05) is 12.1 Å². The molecule has 0 saturated heterocycles. The van der Waals surface area contributed by atoms with Crippen LogP contribution in [-0.4, -0.2) is 28.3 Å². The van der Waals surface area contributed by atoms with Gasteiger partial charge in [0.25, 0.3) is 5.89 Å². The van der Waals surface area contributed by atoms with E-state index in [4.69, 9.17) is 9.15 Å². The average Bonchev–Trinajstić information content (AvgIpc) is 3.05. The van der Waals surface area contributed by atoms with Crippen molar-refractivity contribution in [2.75, 3.05) is 7.11 Å². The molecule has 0 aliphatic heterocycles. The lowest BCUT2D eigenvalue weighted by Gasteiger charge is -2.24. The van der Waals surface area contributed by atoms with Gasteiger partial charge in [0.15, 0.2) is 0 Å². The van der Waals surface area contributed by atoms with Gasteiger partial charge in [-0.25, -0.2) is 0 Å². The van der Waals surface area contributed by atoms with E-state index in [1.807, 2.05) is 18.2 Å². The zero-order valence-corrected chi connectivity index (χ0v) is 11.9. The van der Waals surface area contributed by atoms with Crippen LogP contribution < -0.4 is 0 Å². The maximum Gasteiger partial charge on any atom is 0.308 e. The predicted molar refractivity (Wildman–Crippen MR) is 74.2 cm³/mol. The molecule has 0 aromatic carbocycles. The van der Waals surface area contributed by atoms with Gasteiger partial charge in [0.05, 0.1) is 13.0 Å². The van der Waals surface area contributed by atoms with Crippen LogP contribution in [0.2, 0.25) is 0 Å². The van der Waals surface area contributed by atoms with Gasteiger partial charge in [-0.2, -0.15) is 0 Å². The minimum absolute atomic E-state index is 0.00410. The summed E-state index contributed by atoms with van der Waals surface area (Å²) in [6.07, 6.45) is 5.03. The summed E-state index contributed by atoms with van der Waals surface area (Å²) in [6.45, 7) is 0. The average molecular weight is 287 g/mol. The second kappa shape index (κ2) is 6.03. The van der Waals surface area contributed by atoms with E-state index in [-0.39, 0.29) is 17.8 Å². The Hall–Kier alpha value is -2.24. The van der Waals surface area contributed by atoms with E-state index in [1.54, 1.807) is 6.20 Å². The van der Waals surface area contributed by atoms with Crippen LogP contribution in [0.25, 0.3) is 11.6 Å². The Morgan fingerprint density at radius 2 is 2.05 bits per heavy atom. The van der Waals surface area contributed by atoms with E-state index in [9.17, 15) is 4.79 Å². The Morgan fingerprint density at radius 1 is 1.24 bits per heavy atom. The van der Waals surface area contributed by atoms with E-state index >= 15 is 0 Å². The van der Waals surface area contributed by atoms with E-state index in [0.717, 1.165) is 25.7 Å². The lowest BCUT2D eigenvalue weighted by Crippen LogP contribution is -2.22. The molecule has 6 nitrogen and oxygen atoms in total. The third-order valence-corrected chi connectivity index (χ3v) is 3.94. The van der Waals surface area contributed by atoms with Crippen LogP contribution in [0.4, 0.5) is 0 Å².